The summed E-state index contributed by atoms with van der Waals surface area (Å²) in [5, 5.41) is 5.98. The maximum Gasteiger partial charge on any atom is 0.253 e. The lowest BCUT2D eigenvalue weighted by Gasteiger charge is -2.41. The molecule has 1 fully saturated rings. The van der Waals surface area contributed by atoms with Crippen LogP contribution in [0.2, 0.25) is 0 Å². The number of carbonyl (C=O) groups is 2. The Bertz CT molecular complexity index is 1040. The first-order valence-electron chi connectivity index (χ1n) is 12.3. The number of nitrogens with one attached hydrogen (secondary N) is 2. The Morgan fingerprint density at radius 3 is 2.91 bits per heavy atom. The van der Waals surface area contributed by atoms with Gasteiger partial charge in [-0.3, -0.25) is 14.5 Å². The van der Waals surface area contributed by atoms with Crippen LogP contribution in [0.4, 0.5) is 5.69 Å². The minimum Gasteiger partial charge on any atom is -0.497 e. The third-order valence-electron chi connectivity index (χ3n) is 6.66. The quantitative estimate of drug-likeness (QED) is 0.698. The second kappa shape index (κ2) is 11.6. The highest BCUT2D eigenvalue weighted by Crippen LogP contribution is 2.28. The fraction of sp³-hybridized carbons (Fsp3) is 0.481. The molecule has 188 valence electrons. The molecule has 0 aromatic heterocycles. The van der Waals surface area contributed by atoms with Gasteiger partial charge in [0.25, 0.3) is 5.91 Å². The average molecular weight is 482 g/mol. The number of fused-ring (bicyclic) bond motifs is 1. The smallest absolute Gasteiger partial charge is 0.253 e. The Morgan fingerprint density at radius 1 is 1.20 bits per heavy atom. The highest BCUT2D eigenvalue weighted by Gasteiger charge is 2.43. The minimum absolute atomic E-state index is 0.128. The number of aryl methyl sites for hydroxylation is 2. The zero-order chi connectivity index (χ0) is 24.7. The van der Waals surface area contributed by atoms with Gasteiger partial charge in [0.1, 0.15) is 18.1 Å². The van der Waals surface area contributed by atoms with Crippen LogP contribution in [0.5, 0.6) is 11.5 Å². The Balaban J connectivity index is 1.40. The van der Waals surface area contributed by atoms with E-state index in [0.717, 1.165) is 36.3 Å². The lowest BCUT2D eigenvalue weighted by molar-refractivity contribution is -0.163. The highest BCUT2D eigenvalue weighted by atomic mass is 16.5. The van der Waals surface area contributed by atoms with Gasteiger partial charge < -0.3 is 24.8 Å². The molecule has 1 unspecified atom stereocenters. The number of hydrogen-bond donors (Lipinski definition) is 2. The van der Waals surface area contributed by atoms with E-state index in [4.69, 9.17) is 14.2 Å². The monoisotopic (exact) mass is 481 g/mol. The van der Waals surface area contributed by atoms with Crippen LogP contribution in [-0.4, -0.2) is 68.8 Å². The van der Waals surface area contributed by atoms with Gasteiger partial charge in [0.05, 0.1) is 26.8 Å². The summed E-state index contributed by atoms with van der Waals surface area (Å²) in [7, 11) is 1.60. The molecular weight excluding hydrogens is 446 g/mol. The van der Waals surface area contributed by atoms with Crippen LogP contribution in [0.15, 0.2) is 42.5 Å². The third kappa shape index (κ3) is 6.32. The van der Waals surface area contributed by atoms with Crippen molar-refractivity contribution in [2.24, 2.45) is 0 Å². The molecule has 35 heavy (non-hydrogen) atoms. The summed E-state index contributed by atoms with van der Waals surface area (Å²) < 4.78 is 17.3. The van der Waals surface area contributed by atoms with E-state index < -0.39 is 5.60 Å². The van der Waals surface area contributed by atoms with Crippen LogP contribution in [0.1, 0.15) is 30.4 Å². The molecule has 1 spiro atoms. The first-order valence-corrected chi connectivity index (χ1v) is 12.3. The molecule has 0 radical (unpaired) electrons. The number of morpholine rings is 1. The predicted octanol–water partition coefficient (Wildman–Crippen LogP) is 2.93. The lowest BCUT2D eigenvalue weighted by Crippen LogP contribution is -2.61. The number of ether oxygens (including phenoxy) is 3. The first kappa shape index (κ1) is 25.0. The van der Waals surface area contributed by atoms with Crippen LogP contribution in [0.3, 0.4) is 0 Å². The van der Waals surface area contributed by atoms with Crippen molar-refractivity contribution < 1.29 is 23.8 Å². The maximum atomic E-state index is 13.3. The first-order chi connectivity index (χ1) is 17.0. The van der Waals surface area contributed by atoms with Gasteiger partial charge >= 0.3 is 0 Å². The van der Waals surface area contributed by atoms with E-state index in [0.29, 0.717) is 45.0 Å². The van der Waals surface area contributed by atoms with Gasteiger partial charge in [0.15, 0.2) is 5.60 Å². The summed E-state index contributed by atoms with van der Waals surface area (Å²) in [5.41, 5.74) is 1.90. The zero-order valence-electron chi connectivity index (χ0n) is 20.6. The molecule has 1 saturated heterocycles. The molecule has 1 atom stereocenters. The van der Waals surface area contributed by atoms with Crippen molar-refractivity contribution in [2.75, 3.05) is 51.8 Å². The molecule has 2 aromatic rings. The molecule has 4 rings (SSSR count). The molecule has 2 heterocycles. The predicted molar refractivity (Wildman–Crippen MR) is 134 cm³/mol. The van der Waals surface area contributed by atoms with Gasteiger partial charge in [-0.15, -0.1) is 0 Å². The van der Waals surface area contributed by atoms with E-state index in [2.05, 4.69) is 16.7 Å². The van der Waals surface area contributed by atoms with Crippen LogP contribution in [0, 0.1) is 6.92 Å². The van der Waals surface area contributed by atoms with E-state index in [9.17, 15) is 9.59 Å². The van der Waals surface area contributed by atoms with Crippen molar-refractivity contribution in [1.82, 2.24) is 10.2 Å². The van der Waals surface area contributed by atoms with Gasteiger partial charge in [0.2, 0.25) is 5.91 Å². The summed E-state index contributed by atoms with van der Waals surface area (Å²) in [6.07, 6.45) is 3.26. The van der Waals surface area contributed by atoms with Crippen molar-refractivity contribution in [3.05, 3.63) is 53.6 Å². The van der Waals surface area contributed by atoms with Crippen molar-refractivity contribution in [2.45, 2.75) is 38.2 Å². The van der Waals surface area contributed by atoms with Gasteiger partial charge in [-0.1, -0.05) is 24.3 Å². The van der Waals surface area contributed by atoms with E-state index in [1.807, 2.05) is 48.2 Å². The average Bonchev–Trinajstić information content (AvgIpc) is 2.86. The molecule has 2 amide bonds. The normalized spacial score (nSPS) is 21.6. The molecule has 0 saturated carbocycles. The van der Waals surface area contributed by atoms with Gasteiger partial charge in [-0.2, -0.15) is 0 Å². The number of anilines is 1. The summed E-state index contributed by atoms with van der Waals surface area (Å²) >= 11 is 0. The van der Waals surface area contributed by atoms with E-state index >= 15 is 0 Å². The van der Waals surface area contributed by atoms with Crippen molar-refractivity contribution in [3.8, 4) is 11.5 Å². The molecule has 2 aliphatic rings. The molecule has 8 nitrogen and oxygen atoms in total. The largest absolute Gasteiger partial charge is 0.497 e. The number of methoxy groups -OCH3 is 1. The lowest BCUT2D eigenvalue weighted by atomic mass is 9.91. The van der Waals surface area contributed by atoms with E-state index in [1.165, 1.54) is 5.56 Å². The Hall–Kier alpha value is -3.10. The second-order valence-corrected chi connectivity index (χ2v) is 9.20. The van der Waals surface area contributed by atoms with Gasteiger partial charge in [-0.05, 0) is 55.9 Å². The number of carbonyl (C=O) groups excluding carboxylic acids is 2. The van der Waals surface area contributed by atoms with E-state index in [1.54, 1.807) is 7.11 Å². The van der Waals surface area contributed by atoms with Crippen LogP contribution in [-0.2, 0) is 20.7 Å². The molecular formula is C27H35N3O5. The van der Waals surface area contributed by atoms with Gasteiger partial charge in [0, 0.05) is 24.8 Å². The second-order valence-electron chi connectivity index (χ2n) is 9.20. The Kier molecular flexibility index (Phi) is 8.25. The molecule has 0 aliphatic carbocycles. The fourth-order valence-electron chi connectivity index (χ4n) is 4.71. The topological polar surface area (TPSA) is 89.1 Å². The number of benzene rings is 2. The SMILES string of the molecule is COc1ccc(C)c(NC(=O)CN2CCOC3(CCCCc4ccccc4OCCNC3=O)C2)c1. The van der Waals surface area contributed by atoms with Gasteiger partial charge in [-0.25, -0.2) is 0 Å². The van der Waals surface area contributed by atoms with Crippen LogP contribution in [0.25, 0.3) is 0 Å². The Morgan fingerprint density at radius 2 is 2.06 bits per heavy atom. The maximum absolute atomic E-state index is 13.3. The zero-order valence-corrected chi connectivity index (χ0v) is 20.6. The highest BCUT2D eigenvalue weighted by molar-refractivity contribution is 5.93. The number of para-hydroxylation sites is 1. The number of nitrogens with zero attached hydrogens (tertiary/aromatic N) is 1. The number of amides is 2. The van der Waals surface area contributed by atoms with Crippen molar-refractivity contribution in [3.63, 3.8) is 0 Å². The van der Waals surface area contributed by atoms with Crippen LogP contribution >= 0.6 is 0 Å². The number of hydrogen-bond acceptors (Lipinski definition) is 6. The number of rotatable bonds is 4. The third-order valence-corrected chi connectivity index (χ3v) is 6.66. The fourth-order valence-corrected chi connectivity index (χ4v) is 4.71. The summed E-state index contributed by atoms with van der Waals surface area (Å²) in [4.78, 5) is 28.1. The van der Waals surface area contributed by atoms with Crippen molar-refractivity contribution in [1.29, 1.82) is 0 Å². The molecule has 2 aliphatic heterocycles. The molecule has 2 N–H and O–H groups in total. The summed E-state index contributed by atoms with van der Waals surface area (Å²) in [6.45, 7) is 4.29. The molecule has 8 heteroatoms. The standard InChI is InChI=1S/C27H35N3O5/c1-20-10-11-22(33-2)17-23(20)29-25(31)18-30-14-16-35-27(19-30)12-6-5-8-21-7-3-4-9-24(21)34-15-13-28-26(27)32/h3-4,7,9-11,17H,5-6,8,12-16,18-19H2,1-2H3,(H,28,32)(H,29,31). The summed E-state index contributed by atoms with van der Waals surface area (Å²) in [5.74, 6) is 1.31. The minimum atomic E-state index is -0.969. The van der Waals surface area contributed by atoms with Crippen molar-refractivity contribution >= 4 is 17.5 Å². The summed E-state index contributed by atoms with van der Waals surface area (Å²) in [6, 6.07) is 13.7. The molecule has 0 bridgehead atoms. The molecule has 2 aromatic carbocycles. The Labute approximate surface area is 206 Å². The van der Waals surface area contributed by atoms with Crippen LogP contribution < -0.4 is 20.1 Å². The van der Waals surface area contributed by atoms with E-state index in [-0.39, 0.29) is 18.4 Å².